The predicted molar refractivity (Wildman–Crippen MR) is 96.9 cm³/mol. The first-order valence-electron chi connectivity index (χ1n) is 8.31. The number of ether oxygens (including phenoxy) is 2. The van der Waals surface area contributed by atoms with Crippen molar-refractivity contribution in [3.05, 3.63) is 65.4 Å². The highest BCUT2D eigenvalue weighted by atomic mass is 16.5. The van der Waals surface area contributed by atoms with Gasteiger partial charge in [0.15, 0.2) is 17.3 Å². The zero-order valence-corrected chi connectivity index (χ0v) is 14.8. The van der Waals surface area contributed by atoms with Gasteiger partial charge >= 0.3 is 5.76 Å². The number of nitrogens with zero attached hydrogens (tertiary/aromatic N) is 2. The van der Waals surface area contributed by atoms with Crippen LogP contribution in [0.3, 0.4) is 0 Å². The van der Waals surface area contributed by atoms with Crippen LogP contribution < -0.4 is 15.2 Å². The molecule has 0 bridgehead atoms. The molecular formula is C19H20N2O6. The van der Waals surface area contributed by atoms with E-state index >= 15 is 0 Å². The van der Waals surface area contributed by atoms with Gasteiger partial charge in [-0.15, -0.1) is 11.7 Å². The first-order valence-corrected chi connectivity index (χ1v) is 8.31. The molecule has 2 aromatic heterocycles. The fourth-order valence-electron chi connectivity index (χ4n) is 2.48. The highest BCUT2D eigenvalue weighted by molar-refractivity contribution is 5.43. The highest BCUT2D eigenvalue weighted by Crippen LogP contribution is 2.28. The molecule has 0 fully saturated rings. The SMILES string of the molecule is C=CCc1ccc(OCC(O)Cn2nc(-c3ccco3)oc2=O)c(OC)c1. The second-order valence-electron chi connectivity index (χ2n) is 5.78. The Labute approximate surface area is 155 Å². The van der Waals surface area contributed by atoms with Gasteiger partial charge in [-0.25, -0.2) is 4.79 Å². The molecule has 0 aliphatic carbocycles. The fourth-order valence-corrected chi connectivity index (χ4v) is 2.48. The van der Waals surface area contributed by atoms with Gasteiger partial charge in [0.05, 0.1) is 19.9 Å². The summed E-state index contributed by atoms with van der Waals surface area (Å²) < 4.78 is 22.1. The second-order valence-corrected chi connectivity index (χ2v) is 5.78. The third kappa shape index (κ3) is 4.48. The molecule has 0 spiro atoms. The number of rotatable bonds is 9. The molecule has 1 atom stereocenters. The van der Waals surface area contributed by atoms with Crippen LogP contribution in [0.4, 0.5) is 0 Å². The number of allylic oxidation sites excluding steroid dienone is 1. The van der Waals surface area contributed by atoms with E-state index < -0.39 is 11.9 Å². The van der Waals surface area contributed by atoms with Gasteiger partial charge in [-0.3, -0.25) is 0 Å². The average molecular weight is 372 g/mol. The molecule has 0 aliphatic rings. The Morgan fingerprint density at radius 1 is 1.37 bits per heavy atom. The summed E-state index contributed by atoms with van der Waals surface area (Å²) in [5, 5.41) is 14.2. The first-order chi connectivity index (χ1) is 13.1. The maximum atomic E-state index is 11.9. The number of hydrogen-bond acceptors (Lipinski definition) is 7. The van der Waals surface area contributed by atoms with Gasteiger partial charge in [0.25, 0.3) is 5.89 Å². The van der Waals surface area contributed by atoms with Crippen LogP contribution in [0.2, 0.25) is 0 Å². The van der Waals surface area contributed by atoms with E-state index in [9.17, 15) is 9.90 Å². The van der Waals surface area contributed by atoms with Gasteiger partial charge < -0.3 is 23.4 Å². The van der Waals surface area contributed by atoms with Crippen molar-refractivity contribution in [1.82, 2.24) is 9.78 Å². The van der Waals surface area contributed by atoms with Crippen molar-refractivity contribution in [3.8, 4) is 23.1 Å². The topological polar surface area (TPSA) is 99.9 Å². The summed E-state index contributed by atoms with van der Waals surface area (Å²) in [6.45, 7) is 3.57. The molecule has 3 rings (SSSR count). The minimum absolute atomic E-state index is 0.0491. The first kappa shape index (κ1) is 18.5. The molecule has 0 saturated carbocycles. The summed E-state index contributed by atoms with van der Waals surface area (Å²) in [6.07, 6.45) is 2.98. The molecule has 0 saturated heterocycles. The van der Waals surface area contributed by atoms with Crippen molar-refractivity contribution in [3.63, 3.8) is 0 Å². The third-order valence-electron chi connectivity index (χ3n) is 3.76. The van der Waals surface area contributed by atoms with Crippen molar-refractivity contribution < 1.29 is 23.4 Å². The quantitative estimate of drug-likeness (QED) is 0.575. The van der Waals surface area contributed by atoms with Crippen molar-refractivity contribution in [2.24, 2.45) is 0 Å². The lowest BCUT2D eigenvalue weighted by molar-refractivity contribution is 0.0861. The van der Waals surface area contributed by atoms with E-state index in [0.717, 1.165) is 10.2 Å². The van der Waals surface area contributed by atoms with Crippen molar-refractivity contribution in [1.29, 1.82) is 0 Å². The Morgan fingerprint density at radius 3 is 2.93 bits per heavy atom. The van der Waals surface area contributed by atoms with Gasteiger partial charge in [-0.2, -0.15) is 4.68 Å². The fraction of sp³-hybridized carbons (Fsp3) is 0.263. The summed E-state index contributed by atoms with van der Waals surface area (Å²) in [7, 11) is 1.54. The van der Waals surface area contributed by atoms with Gasteiger partial charge in [-0.05, 0) is 36.2 Å². The number of furan rings is 1. The monoisotopic (exact) mass is 372 g/mol. The molecule has 2 heterocycles. The van der Waals surface area contributed by atoms with Crippen LogP contribution in [0.15, 0.2) is 62.9 Å². The maximum Gasteiger partial charge on any atom is 0.437 e. The van der Waals surface area contributed by atoms with Crippen LogP contribution in [0.25, 0.3) is 11.7 Å². The molecule has 3 aromatic rings. The predicted octanol–water partition coefficient (Wildman–Crippen LogP) is 2.27. The van der Waals surface area contributed by atoms with E-state index in [-0.39, 0.29) is 19.0 Å². The summed E-state index contributed by atoms with van der Waals surface area (Å²) in [5.74, 6) is 0.749. The smallest absolute Gasteiger partial charge is 0.437 e. The Balaban J connectivity index is 1.62. The highest BCUT2D eigenvalue weighted by Gasteiger charge is 2.16. The lowest BCUT2D eigenvalue weighted by Crippen LogP contribution is -2.29. The number of benzene rings is 1. The molecule has 8 heteroatoms. The maximum absolute atomic E-state index is 11.9. The Kier molecular flexibility index (Phi) is 5.77. The van der Waals surface area contributed by atoms with Crippen LogP contribution in [0, 0.1) is 0 Å². The second kappa shape index (κ2) is 8.41. The minimum atomic E-state index is -0.977. The lowest BCUT2D eigenvalue weighted by atomic mass is 10.1. The average Bonchev–Trinajstić information content (AvgIpc) is 3.31. The molecule has 27 heavy (non-hydrogen) atoms. The van der Waals surface area contributed by atoms with Gasteiger partial charge in [0.2, 0.25) is 0 Å². The summed E-state index contributed by atoms with van der Waals surface area (Å²) >= 11 is 0. The number of aliphatic hydroxyl groups is 1. The Hall–Kier alpha value is -3.26. The standard InChI is InChI=1S/C19H20N2O6/c1-3-5-13-7-8-15(17(10-13)24-2)26-12-14(22)11-21-19(23)27-18(20-21)16-6-4-9-25-16/h3-4,6-10,14,22H,1,5,11-12H2,2H3. The van der Waals surface area contributed by atoms with Crippen molar-refractivity contribution in [2.45, 2.75) is 19.1 Å². The number of aromatic nitrogens is 2. The molecular weight excluding hydrogens is 352 g/mol. The number of aliphatic hydroxyl groups excluding tert-OH is 1. The molecule has 0 amide bonds. The third-order valence-corrected chi connectivity index (χ3v) is 3.76. The minimum Gasteiger partial charge on any atom is -0.493 e. The number of hydrogen-bond donors (Lipinski definition) is 1. The van der Waals surface area contributed by atoms with Crippen LogP contribution in [0.1, 0.15) is 5.56 Å². The Morgan fingerprint density at radius 2 is 2.22 bits per heavy atom. The van der Waals surface area contributed by atoms with Crippen LogP contribution in [-0.2, 0) is 13.0 Å². The zero-order chi connectivity index (χ0) is 19.2. The van der Waals surface area contributed by atoms with Gasteiger partial charge in [-0.1, -0.05) is 12.1 Å². The van der Waals surface area contributed by atoms with E-state index in [4.69, 9.17) is 18.3 Å². The molecule has 142 valence electrons. The molecule has 0 aliphatic heterocycles. The summed E-state index contributed by atoms with van der Waals surface area (Å²) in [5.41, 5.74) is 1.04. The molecule has 1 N–H and O–H groups in total. The van der Waals surface area contributed by atoms with E-state index in [0.29, 0.717) is 23.7 Å². The van der Waals surface area contributed by atoms with Crippen molar-refractivity contribution >= 4 is 0 Å². The largest absolute Gasteiger partial charge is 0.493 e. The van der Waals surface area contributed by atoms with Gasteiger partial charge in [0, 0.05) is 0 Å². The van der Waals surface area contributed by atoms with E-state index in [1.807, 2.05) is 12.1 Å². The van der Waals surface area contributed by atoms with Crippen LogP contribution in [-0.4, -0.2) is 34.7 Å². The lowest BCUT2D eigenvalue weighted by Gasteiger charge is -2.14. The number of methoxy groups -OCH3 is 1. The zero-order valence-electron chi connectivity index (χ0n) is 14.8. The molecule has 8 nitrogen and oxygen atoms in total. The molecule has 1 aromatic carbocycles. The Bertz CT molecular complexity index is 942. The van der Waals surface area contributed by atoms with Gasteiger partial charge in [0.1, 0.15) is 12.7 Å². The van der Waals surface area contributed by atoms with Crippen LogP contribution >= 0.6 is 0 Å². The van der Waals surface area contributed by atoms with Crippen molar-refractivity contribution in [2.75, 3.05) is 13.7 Å². The normalized spacial score (nSPS) is 11.9. The summed E-state index contributed by atoms with van der Waals surface area (Å²) in [6, 6.07) is 8.79. The van der Waals surface area contributed by atoms with E-state index in [1.165, 1.54) is 6.26 Å². The summed E-state index contributed by atoms with van der Waals surface area (Å²) in [4.78, 5) is 11.9. The molecule has 1 unspecified atom stereocenters. The molecule has 0 radical (unpaired) electrons. The van der Waals surface area contributed by atoms with E-state index in [1.54, 1.807) is 31.4 Å². The van der Waals surface area contributed by atoms with Crippen LogP contribution in [0.5, 0.6) is 11.5 Å². The van der Waals surface area contributed by atoms with E-state index in [2.05, 4.69) is 11.7 Å².